The minimum absolute atomic E-state index is 0.606. The highest BCUT2D eigenvalue weighted by molar-refractivity contribution is 7.99. The van der Waals surface area contributed by atoms with E-state index in [1.54, 1.807) is 26.0 Å². The number of methoxy groups -OCH3 is 2. The fraction of sp³-hybridized carbons (Fsp3) is 0.250. The molecule has 0 spiro atoms. The first kappa shape index (κ1) is 14.1. The summed E-state index contributed by atoms with van der Waals surface area (Å²) in [4.78, 5) is 2.46. The molecule has 0 saturated heterocycles. The van der Waals surface area contributed by atoms with Gasteiger partial charge in [-0.25, -0.2) is 0 Å². The number of hydrogen-bond donors (Lipinski definition) is 0. The molecule has 0 atom stereocenters. The predicted octanol–water partition coefficient (Wildman–Crippen LogP) is 4.13. The Kier molecular flexibility index (Phi) is 5.45. The lowest BCUT2D eigenvalue weighted by Crippen LogP contribution is -1.99. The van der Waals surface area contributed by atoms with Crippen LogP contribution in [0.15, 0.2) is 58.3 Å². The van der Waals surface area contributed by atoms with E-state index in [2.05, 4.69) is 42.5 Å². The van der Waals surface area contributed by atoms with Gasteiger partial charge in [-0.15, -0.1) is 0 Å². The third kappa shape index (κ3) is 3.83. The first-order chi connectivity index (χ1) is 9.35. The van der Waals surface area contributed by atoms with Crippen molar-refractivity contribution in [2.24, 2.45) is 0 Å². The van der Waals surface area contributed by atoms with Gasteiger partial charge in [-0.3, -0.25) is 0 Å². The highest BCUT2D eigenvalue weighted by atomic mass is 32.2. The summed E-state index contributed by atoms with van der Waals surface area (Å²) in [5.74, 6) is 0. The summed E-state index contributed by atoms with van der Waals surface area (Å²) in [5.41, 5.74) is 2.39. The van der Waals surface area contributed by atoms with Crippen LogP contribution < -0.4 is 0 Å². The van der Waals surface area contributed by atoms with Crippen molar-refractivity contribution in [2.45, 2.75) is 23.0 Å². The van der Waals surface area contributed by atoms with Gasteiger partial charge in [0.05, 0.1) is 13.2 Å². The van der Waals surface area contributed by atoms with E-state index in [4.69, 9.17) is 9.47 Å². The summed E-state index contributed by atoms with van der Waals surface area (Å²) in [6.07, 6.45) is 0. The topological polar surface area (TPSA) is 18.5 Å². The summed E-state index contributed by atoms with van der Waals surface area (Å²) >= 11 is 1.76. The van der Waals surface area contributed by atoms with E-state index in [-0.39, 0.29) is 0 Å². The molecular formula is C16H18O2S. The van der Waals surface area contributed by atoms with Crippen molar-refractivity contribution in [1.29, 1.82) is 0 Å². The lowest BCUT2D eigenvalue weighted by atomic mass is 10.1. The molecule has 0 N–H and O–H groups in total. The normalized spacial score (nSPS) is 10.6. The molecule has 0 aromatic heterocycles. The third-order valence-electron chi connectivity index (χ3n) is 2.79. The van der Waals surface area contributed by atoms with Gasteiger partial charge in [0, 0.05) is 24.0 Å². The van der Waals surface area contributed by atoms with E-state index in [1.807, 2.05) is 6.07 Å². The molecule has 0 heterocycles. The van der Waals surface area contributed by atoms with E-state index >= 15 is 0 Å². The lowest BCUT2D eigenvalue weighted by Gasteiger charge is -2.13. The van der Waals surface area contributed by atoms with Crippen LogP contribution in [0.5, 0.6) is 0 Å². The Hall–Kier alpha value is -1.29. The van der Waals surface area contributed by atoms with Crippen LogP contribution >= 0.6 is 11.8 Å². The fourth-order valence-corrected chi connectivity index (χ4v) is 2.93. The second kappa shape index (κ2) is 7.34. The van der Waals surface area contributed by atoms with Crippen LogP contribution in [0.25, 0.3) is 0 Å². The van der Waals surface area contributed by atoms with Crippen molar-refractivity contribution in [3.63, 3.8) is 0 Å². The molecule has 0 bridgehead atoms. The van der Waals surface area contributed by atoms with Gasteiger partial charge in [0.2, 0.25) is 0 Å². The van der Waals surface area contributed by atoms with Gasteiger partial charge in [-0.2, -0.15) is 0 Å². The Morgan fingerprint density at radius 1 is 0.842 bits per heavy atom. The van der Waals surface area contributed by atoms with Crippen LogP contribution in [0.1, 0.15) is 11.1 Å². The standard InChI is InChI=1S/C16H18O2S/c1-17-11-13-7-6-10-16(15(13)12-18-2)19-14-8-4-3-5-9-14/h3-10H,11-12H2,1-2H3. The molecule has 0 saturated carbocycles. The summed E-state index contributed by atoms with van der Waals surface area (Å²) in [5, 5.41) is 0. The highest BCUT2D eigenvalue weighted by Crippen LogP contribution is 2.32. The summed E-state index contributed by atoms with van der Waals surface area (Å²) < 4.78 is 10.6. The van der Waals surface area contributed by atoms with Crippen molar-refractivity contribution >= 4 is 11.8 Å². The summed E-state index contributed by atoms with van der Waals surface area (Å²) in [6, 6.07) is 16.7. The van der Waals surface area contributed by atoms with Crippen molar-refractivity contribution in [3.8, 4) is 0 Å². The van der Waals surface area contributed by atoms with Gasteiger partial charge < -0.3 is 9.47 Å². The number of rotatable bonds is 6. The number of hydrogen-bond acceptors (Lipinski definition) is 3. The zero-order chi connectivity index (χ0) is 13.5. The van der Waals surface area contributed by atoms with Gasteiger partial charge in [-0.05, 0) is 29.3 Å². The first-order valence-corrected chi connectivity index (χ1v) is 6.98. The Morgan fingerprint density at radius 3 is 2.26 bits per heavy atom. The molecule has 0 aliphatic rings. The van der Waals surface area contributed by atoms with E-state index in [9.17, 15) is 0 Å². The summed E-state index contributed by atoms with van der Waals surface area (Å²) in [6.45, 7) is 1.22. The van der Waals surface area contributed by atoms with E-state index < -0.39 is 0 Å². The van der Waals surface area contributed by atoms with Crippen LogP contribution in [-0.2, 0) is 22.7 Å². The maximum absolute atomic E-state index is 5.32. The monoisotopic (exact) mass is 274 g/mol. The van der Waals surface area contributed by atoms with Gasteiger partial charge in [0.25, 0.3) is 0 Å². The zero-order valence-corrected chi connectivity index (χ0v) is 12.1. The Bertz CT molecular complexity index is 511. The van der Waals surface area contributed by atoms with Crippen LogP contribution in [0.3, 0.4) is 0 Å². The molecule has 0 aliphatic carbocycles. The van der Waals surface area contributed by atoms with Crippen LogP contribution in [0.4, 0.5) is 0 Å². The highest BCUT2D eigenvalue weighted by Gasteiger charge is 2.09. The maximum atomic E-state index is 5.32. The van der Waals surface area contributed by atoms with Crippen molar-refractivity contribution in [2.75, 3.05) is 14.2 Å². The SMILES string of the molecule is COCc1cccc(Sc2ccccc2)c1COC. The summed E-state index contributed by atoms with van der Waals surface area (Å²) in [7, 11) is 3.44. The van der Waals surface area contributed by atoms with Crippen LogP contribution in [-0.4, -0.2) is 14.2 Å². The van der Waals surface area contributed by atoms with E-state index in [0.29, 0.717) is 13.2 Å². The number of benzene rings is 2. The molecule has 19 heavy (non-hydrogen) atoms. The van der Waals surface area contributed by atoms with Crippen LogP contribution in [0.2, 0.25) is 0 Å². The molecule has 100 valence electrons. The molecular weight excluding hydrogens is 256 g/mol. The molecule has 2 aromatic carbocycles. The molecule has 0 aliphatic heterocycles. The molecule has 0 fully saturated rings. The van der Waals surface area contributed by atoms with Crippen molar-refractivity contribution in [3.05, 3.63) is 59.7 Å². The van der Waals surface area contributed by atoms with Gasteiger partial charge in [0.15, 0.2) is 0 Å². The van der Waals surface area contributed by atoms with Gasteiger partial charge in [-0.1, -0.05) is 42.1 Å². The van der Waals surface area contributed by atoms with E-state index in [1.165, 1.54) is 20.9 Å². The zero-order valence-electron chi connectivity index (χ0n) is 11.3. The quantitative estimate of drug-likeness (QED) is 0.789. The lowest BCUT2D eigenvalue weighted by molar-refractivity contribution is 0.166. The van der Waals surface area contributed by atoms with Crippen molar-refractivity contribution < 1.29 is 9.47 Å². The second-order valence-electron chi connectivity index (χ2n) is 4.17. The Balaban J connectivity index is 2.30. The Morgan fingerprint density at radius 2 is 1.58 bits per heavy atom. The Labute approximate surface area is 118 Å². The fourth-order valence-electron chi connectivity index (χ4n) is 1.92. The minimum atomic E-state index is 0.606. The van der Waals surface area contributed by atoms with E-state index in [0.717, 1.165) is 0 Å². The third-order valence-corrected chi connectivity index (χ3v) is 3.90. The average molecular weight is 274 g/mol. The first-order valence-electron chi connectivity index (χ1n) is 6.16. The van der Waals surface area contributed by atoms with Gasteiger partial charge >= 0.3 is 0 Å². The maximum Gasteiger partial charge on any atom is 0.0727 e. The van der Waals surface area contributed by atoms with Crippen LogP contribution in [0, 0.1) is 0 Å². The molecule has 2 nitrogen and oxygen atoms in total. The minimum Gasteiger partial charge on any atom is -0.380 e. The second-order valence-corrected chi connectivity index (χ2v) is 5.29. The number of ether oxygens (including phenoxy) is 2. The molecule has 3 heteroatoms. The molecule has 0 radical (unpaired) electrons. The molecule has 2 aromatic rings. The van der Waals surface area contributed by atoms with Gasteiger partial charge in [0.1, 0.15) is 0 Å². The average Bonchev–Trinajstić information content (AvgIpc) is 2.44. The molecule has 0 amide bonds. The predicted molar refractivity (Wildman–Crippen MR) is 78.4 cm³/mol. The molecule has 2 rings (SSSR count). The van der Waals surface area contributed by atoms with Crippen molar-refractivity contribution in [1.82, 2.24) is 0 Å². The smallest absolute Gasteiger partial charge is 0.0727 e. The largest absolute Gasteiger partial charge is 0.380 e. The molecule has 0 unspecified atom stereocenters.